The number of carbonyl (C=O) groups is 2. The van der Waals surface area contributed by atoms with Crippen LogP contribution >= 0.6 is 0 Å². The molecule has 0 atom stereocenters. The van der Waals surface area contributed by atoms with Gasteiger partial charge in [0, 0.05) is 37.2 Å². The third-order valence-electron chi connectivity index (χ3n) is 4.90. The highest BCUT2D eigenvalue weighted by molar-refractivity contribution is 5.96. The number of hydrogen-bond donors (Lipinski definition) is 3. The fraction of sp³-hybridized carbons (Fsp3) is 0.455. The van der Waals surface area contributed by atoms with Gasteiger partial charge in [-0.05, 0) is 37.8 Å². The van der Waals surface area contributed by atoms with Gasteiger partial charge in [0.1, 0.15) is 5.78 Å². The molecule has 0 radical (unpaired) electrons. The summed E-state index contributed by atoms with van der Waals surface area (Å²) in [6.07, 6.45) is 5.93. The summed E-state index contributed by atoms with van der Waals surface area (Å²) in [6, 6.07) is 9.63. The number of rotatable bonds is 11. The molecule has 1 saturated carbocycles. The van der Waals surface area contributed by atoms with Crippen molar-refractivity contribution >= 4 is 41.0 Å². The molecule has 0 amide bonds. The molecule has 31 heavy (non-hydrogen) atoms. The van der Waals surface area contributed by atoms with Crippen LogP contribution < -0.4 is 10.6 Å². The van der Waals surface area contributed by atoms with E-state index in [0.717, 1.165) is 30.7 Å². The predicted octanol–water partition coefficient (Wildman–Crippen LogP) is 4.28. The monoisotopic (exact) mass is 424 g/mol. The number of nitrogens with zero attached hydrogens (tertiary/aromatic N) is 4. The van der Waals surface area contributed by atoms with Crippen LogP contribution in [0.4, 0.5) is 23.5 Å². The van der Waals surface area contributed by atoms with E-state index >= 15 is 0 Å². The number of para-hydroxylation sites is 1. The van der Waals surface area contributed by atoms with Crippen molar-refractivity contribution < 1.29 is 14.7 Å². The van der Waals surface area contributed by atoms with Crippen LogP contribution in [-0.4, -0.2) is 44.1 Å². The van der Waals surface area contributed by atoms with Gasteiger partial charge >= 0.3 is 5.97 Å². The molecule has 0 aliphatic heterocycles. The summed E-state index contributed by atoms with van der Waals surface area (Å²) in [7, 11) is 0. The van der Waals surface area contributed by atoms with Gasteiger partial charge in [-0.3, -0.25) is 9.59 Å². The molecule has 1 aromatic carbocycles. The van der Waals surface area contributed by atoms with Crippen LogP contribution in [0.15, 0.2) is 35.3 Å². The lowest BCUT2D eigenvalue weighted by molar-refractivity contribution is -0.137. The van der Waals surface area contributed by atoms with Gasteiger partial charge in [0.2, 0.25) is 11.9 Å². The van der Waals surface area contributed by atoms with Crippen molar-refractivity contribution in [2.45, 2.75) is 57.8 Å². The second kappa shape index (κ2) is 11.7. The Labute approximate surface area is 181 Å². The molecule has 3 N–H and O–H groups in total. The lowest BCUT2D eigenvalue weighted by Gasteiger charge is -2.12. The summed E-state index contributed by atoms with van der Waals surface area (Å²) in [5, 5.41) is 15.1. The van der Waals surface area contributed by atoms with Crippen molar-refractivity contribution in [1.29, 1.82) is 0 Å². The molecule has 9 nitrogen and oxygen atoms in total. The molecule has 1 aliphatic rings. The minimum Gasteiger partial charge on any atom is -0.481 e. The largest absolute Gasteiger partial charge is 0.481 e. The Morgan fingerprint density at radius 1 is 0.935 bits per heavy atom. The first-order chi connectivity index (χ1) is 15.1. The van der Waals surface area contributed by atoms with E-state index in [1.165, 1.54) is 0 Å². The molecule has 2 aromatic rings. The highest BCUT2D eigenvalue weighted by atomic mass is 16.4. The van der Waals surface area contributed by atoms with Crippen molar-refractivity contribution in [3.63, 3.8) is 0 Å². The van der Waals surface area contributed by atoms with E-state index in [9.17, 15) is 9.59 Å². The zero-order chi connectivity index (χ0) is 21.9. The second-order valence-corrected chi connectivity index (χ2v) is 7.48. The van der Waals surface area contributed by atoms with E-state index in [4.69, 9.17) is 5.11 Å². The van der Waals surface area contributed by atoms with E-state index in [0.29, 0.717) is 56.5 Å². The van der Waals surface area contributed by atoms with E-state index < -0.39 is 5.97 Å². The maximum absolute atomic E-state index is 11.5. The summed E-state index contributed by atoms with van der Waals surface area (Å²) in [4.78, 5) is 39.9. The summed E-state index contributed by atoms with van der Waals surface area (Å²) >= 11 is 0. The number of unbranched alkanes of at least 4 members (excludes halogenated alkanes) is 3. The number of benzene rings is 1. The highest BCUT2D eigenvalue weighted by Gasteiger charge is 2.15. The van der Waals surface area contributed by atoms with E-state index in [1.54, 1.807) is 0 Å². The highest BCUT2D eigenvalue weighted by Crippen LogP contribution is 2.20. The standard InChI is InChI=1S/C22H28N6O3/c29-18-13-11-17(12-14-18)25-22-27-20(23-15-7-2-1-6-10-19(30)31)26-21(28-22)24-16-8-4-3-5-9-16/h3-5,8-9H,1-2,6-7,10-15H2,(H,30,31)(H2,23,24,26,27,28). The Hall–Kier alpha value is -3.36. The SMILES string of the molecule is O=C(O)CCCCCCNc1nc(N=C2CCC(=O)CC2)nc(Nc2ccccc2)n1. The first kappa shape index (κ1) is 22.3. The second-order valence-electron chi connectivity index (χ2n) is 7.48. The van der Waals surface area contributed by atoms with Crippen molar-refractivity contribution in [3.8, 4) is 0 Å². The molecule has 1 fully saturated rings. The normalized spacial score (nSPS) is 13.7. The summed E-state index contributed by atoms with van der Waals surface area (Å²) in [5.41, 5.74) is 1.79. The number of nitrogens with one attached hydrogen (secondary N) is 2. The van der Waals surface area contributed by atoms with Crippen LogP contribution in [-0.2, 0) is 9.59 Å². The van der Waals surface area contributed by atoms with E-state index in [1.807, 2.05) is 30.3 Å². The Kier molecular flexibility index (Phi) is 8.45. The summed E-state index contributed by atoms with van der Waals surface area (Å²) in [5.74, 6) is 0.674. The first-order valence-corrected chi connectivity index (χ1v) is 10.7. The number of aliphatic imine (C=N–C) groups is 1. The average molecular weight is 425 g/mol. The molecule has 1 aliphatic carbocycles. The zero-order valence-electron chi connectivity index (χ0n) is 17.5. The Morgan fingerprint density at radius 2 is 1.65 bits per heavy atom. The molecule has 0 saturated heterocycles. The molecule has 1 aromatic heterocycles. The predicted molar refractivity (Wildman–Crippen MR) is 119 cm³/mol. The third kappa shape index (κ3) is 8.12. The molecule has 0 bridgehead atoms. The van der Waals surface area contributed by atoms with Crippen molar-refractivity contribution in [3.05, 3.63) is 30.3 Å². The van der Waals surface area contributed by atoms with Crippen molar-refractivity contribution in [1.82, 2.24) is 15.0 Å². The number of anilines is 3. The van der Waals surface area contributed by atoms with Gasteiger partial charge < -0.3 is 15.7 Å². The summed E-state index contributed by atoms with van der Waals surface area (Å²) in [6.45, 7) is 0.673. The topological polar surface area (TPSA) is 129 Å². The lowest BCUT2D eigenvalue weighted by atomic mass is 9.97. The van der Waals surface area contributed by atoms with Crippen LogP contribution in [0.2, 0.25) is 0 Å². The maximum Gasteiger partial charge on any atom is 0.303 e. The molecule has 164 valence electrons. The number of ketones is 1. The van der Waals surface area contributed by atoms with Gasteiger partial charge in [-0.15, -0.1) is 0 Å². The maximum atomic E-state index is 11.5. The zero-order valence-corrected chi connectivity index (χ0v) is 17.5. The van der Waals surface area contributed by atoms with Crippen LogP contribution in [0.3, 0.4) is 0 Å². The van der Waals surface area contributed by atoms with Crippen LogP contribution in [0.1, 0.15) is 57.8 Å². The Bertz CT molecular complexity index is 905. The van der Waals surface area contributed by atoms with Gasteiger partial charge in [-0.1, -0.05) is 31.0 Å². The molecule has 0 unspecified atom stereocenters. The number of aromatic nitrogens is 3. The van der Waals surface area contributed by atoms with E-state index in [-0.39, 0.29) is 12.2 Å². The minimum absolute atomic E-state index is 0.213. The number of Topliss-reactive ketones (excluding diaryl/α,β-unsaturated/α-hetero) is 1. The van der Waals surface area contributed by atoms with Gasteiger partial charge in [0.25, 0.3) is 5.95 Å². The van der Waals surface area contributed by atoms with Gasteiger partial charge in [-0.2, -0.15) is 15.0 Å². The number of carboxylic acid groups (broad SMARTS) is 1. The fourth-order valence-corrected chi connectivity index (χ4v) is 3.23. The first-order valence-electron chi connectivity index (χ1n) is 10.7. The fourth-order valence-electron chi connectivity index (χ4n) is 3.23. The quantitative estimate of drug-likeness (QED) is 0.456. The number of hydrogen-bond acceptors (Lipinski definition) is 8. The van der Waals surface area contributed by atoms with Crippen LogP contribution in [0.5, 0.6) is 0 Å². The van der Waals surface area contributed by atoms with Crippen LogP contribution in [0, 0.1) is 0 Å². The van der Waals surface area contributed by atoms with Gasteiger partial charge in [-0.25, -0.2) is 4.99 Å². The smallest absolute Gasteiger partial charge is 0.303 e. The molecule has 0 spiro atoms. The van der Waals surface area contributed by atoms with Crippen molar-refractivity contribution in [2.75, 3.05) is 17.2 Å². The summed E-state index contributed by atoms with van der Waals surface area (Å²) < 4.78 is 0. The van der Waals surface area contributed by atoms with Crippen LogP contribution in [0.25, 0.3) is 0 Å². The molecular formula is C22H28N6O3. The third-order valence-corrected chi connectivity index (χ3v) is 4.90. The molecular weight excluding hydrogens is 396 g/mol. The molecule has 3 rings (SSSR count). The number of carboxylic acids is 1. The number of aliphatic carboxylic acids is 1. The molecule has 9 heteroatoms. The lowest BCUT2D eigenvalue weighted by Crippen LogP contribution is -2.13. The van der Waals surface area contributed by atoms with Gasteiger partial charge in [0.15, 0.2) is 0 Å². The Morgan fingerprint density at radius 3 is 2.39 bits per heavy atom. The minimum atomic E-state index is -0.752. The average Bonchev–Trinajstić information content (AvgIpc) is 2.75. The number of carbonyl (C=O) groups excluding carboxylic acids is 1. The molecule has 1 heterocycles. The van der Waals surface area contributed by atoms with E-state index in [2.05, 4.69) is 30.6 Å². The van der Waals surface area contributed by atoms with Gasteiger partial charge in [0.05, 0.1) is 0 Å². The van der Waals surface area contributed by atoms with Crippen molar-refractivity contribution in [2.24, 2.45) is 4.99 Å². The Balaban J connectivity index is 1.64.